The van der Waals surface area contributed by atoms with Gasteiger partial charge in [0.15, 0.2) is 0 Å². The summed E-state index contributed by atoms with van der Waals surface area (Å²) in [7, 11) is 0. The molecule has 0 aliphatic carbocycles. The molecule has 0 aromatic heterocycles. The molecule has 0 heterocycles. The standard InChI is InChI=1S/C42H84N2O2/c1-5-7-9-11-13-15-17-19-20-22-23-25-27-29-31-36-41(45)43-38-34-33-35-40(39(3)4)44-42(46)37-32-30-28-26-24-21-18-16-14-12-10-8-6-2/h39-40H,5-38H2,1-4H3,(H,43,45)(H,44,46)/t40-/m0/s1. The second-order valence-corrected chi connectivity index (χ2v) is 15.0. The van der Waals surface area contributed by atoms with Gasteiger partial charge in [0.25, 0.3) is 0 Å². The van der Waals surface area contributed by atoms with Gasteiger partial charge in [0, 0.05) is 25.4 Å². The molecule has 0 spiro atoms. The van der Waals surface area contributed by atoms with Crippen molar-refractivity contribution in [3.63, 3.8) is 0 Å². The third kappa shape index (κ3) is 34.3. The average molecular weight is 649 g/mol. The van der Waals surface area contributed by atoms with E-state index in [4.69, 9.17) is 0 Å². The van der Waals surface area contributed by atoms with Crippen molar-refractivity contribution in [1.82, 2.24) is 10.6 Å². The number of amides is 2. The highest BCUT2D eigenvalue weighted by Gasteiger charge is 2.15. The summed E-state index contributed by atoms with van der Waals surface area (Å²) >= 11 is 0. The van der Waals surface area contributed by atoms with Crippen molar-refractivity contribution in [3.8, 4) is 0 Å². The quantitative estimate of drug-likeness (QED) is 0.0659. The van der Waals surface area contributed by atoms with Gasteiger partial charge in [0.1, 0.15) is 0 Å². The minimum atomic E-state index is 0.209. The maximum atomic E-state index is 12.6. The van der Waals surface area contributed by atoms with Crippen LogP contribution >= 0.6 is 0 Å². The lowest BCUT2D eigenvalue weighted by molar-refractivity contribution is -0.122. The van der Waals surface area contributed by atoms with Crippen molar-refractivity contribution < 1.29 is 9.59 Å². The molecule has 0 rings (SSSR count). The Bertz CT molecular complexity index is 635. The first-order valence-electron chi connectivity index (χ1n) is 21.1. The van der Waals surface area contributed by atoms with Gasteiger partial charge in [0.05, 0.1) is 0 Å². The zero-order chi connectivity index (χ0) is 33.8. The van der Waals surface area contributed by atoms with Crippen LogP contribution in [0.3, 0.4) is 0 Å². The molecule has 0 bridgehead atoms. The number of nitrogens with one attached hydrogen (secondary N) is 2. The molecule has 4 heteroatoms. The molecule has 46 heavy (non-hydrogen) atoms. The average Bonchev–Trinajstić information content (AvgIpc) is 3.04. The van der Waals surface area contributed by atoms with Gasteiger partial charge in [-0.3, -0.25) is 9.59 Å². The van der Waals surface area contributed by atoms with E-state index in [1.165, 1.54) is 167 Å². The molecule has 0 aromatic rings. The zero-order valence-electron chi connectivity index (χ0n) is 32.0. The van der Waals surface area contributed by atoms with E-state index in [9.17, 15) is 9.59 Å². The molecular formula is C42H84N2O2. The molecule has 274 valence electrons. The topological polar surface area (TPSA) is 58.2 Å². The molecule has 0 radical (unpaired) electrons. The maximum Gasteiger partial charge on any atom is 0.220 e. The van der Waals surface area contributed by atoms with Crippen LogP contribution in [0.5, 0.6) is 0 Å². The molecule has 0 aromatic carbocycles. The highest BCUT2D eigenvalue weighted by atomic mass is 16.2. The Morgan fingerprint density at radius 1 is 0.413 bits per heavy atom. The highest BCUT2D eigenvalue weighted by molar-refractivity contribution is 5.76. The van der Waals surface area contributed by atoms with E-state index in [1.807, 2.05) is 0 Å². The Balaban J connectivity index is 3.57. The summed E-state index contributed by atoms with van der Waals surface area (Å²) in [6, 6.07) is 0.241. The van der Waals surface area contributed by atoms with Crippen molar-refractivity contribution in [3.05, 3.63) is 0 Å². The predicted molar refractivity (Wildman–Crippen MR) is 203 cm³/mol. The minimum Gasteiger partial charge on any atom is -0.356 e. The van der Waals surface area contributed by atoms with Crippen LogP contribution < -0.4 is 10.6 Å². The predicted octanol–water partition coefficient (Wildman–Crippen LogP) is 13.2. The van der Waals surface area contributed by atoms with Gasteiger partial charge in [-0.25, -0.2) is 0 Å². The monoisotopic (exact) mass is 649 g/mol. The van der Waals surface area contributed by atoms with E-state index in [0.29, 0.717) is 18.8 Å². The Morgan fingerprint density at radius 3 is 1.09 bits per heavy atom. The lowest BCUT2D eigenvalue weighted by Crippen LogP contribution is -2.38. The molecule has 0 aliphatic heterocycles. The number of rotatable bonds is 37. The number of hydrogen-bond donors (Lipinski definition) is 2. The van der Waals surface area contributed by atoms with Crippen LogP contribution in [-0.2, 0) is 9.59 Å². The van der Waals surface area contributed by atoms with Crippen LogP contribution in [0, 0.1) is 5.92 Å². The number of hydrogen-bond acceptors (Lipinski definition) is 2. The van der Waals surface area contributed by atoms with E-state index in [0.717, 1.165) is 38.6 Å². The first-order valence-corrected chi connectivity index (χ1v) is 21.1. The van der Waals surface area contributed by atoms with Crippen molar-refractivity contribution in [2.24, 2.45) is 5.92 Å². The van der Waals surface area contributed by atoms with Gasteiger partial charge in [-0.05, 0) is 38.0 Å². The van der Waals surface area contributed by atoms with Crippen LogP contribution in [0.2, 0.25) is 0 Å². The fraction of sp³-hybridized carbons (Fsp3) is 0.952. The number of carbonyl (C=O) groups excluding carboxylic acids is 2. The van der Waals surface area contributed by atoms with Crippen molar-refractivity contribution in [2.45, 2.75) is 246 Å². The van der Waals surface area contributed by atoms with Gasteiger partial charge in [-0.1, -0.05) is 195 Å². The fourth-order valence-corrected chi connectivity index (χ4v) is 6.62. The number of carbonyl (C=O) groups is 2. The van der Waals surface area contributed by atoms with Gasteiger partial charge in [-0.15, -0.1) is 0 Å². The minimum absolute atomic E-state index is 0.209. The normalized spacial score (nSPS) is 12.1. The SMILES string of the molecule is CCCCCCCCCCCCCCCCCC(=O)NCCCC[C@H](NC(=O)CCCCCCCCCCCCCCC)C(C)C. The Hall–Kier alpha value is -1.06. The summed E-state index contributed by atoms with van der Waals surface area (Å²) in [4.78, 5) is 24.8. The Kier molecular flexibility index (Phi) is 35.9. The van der Waals surface area contributed by atoms with Crippen molar-refractivity contribution >= 4 is 11.8 Å². The summed E-state index contributed by atoms with van der Waals surface area (Å²) in [6.45, 7) is 9.73. The molecule has 0 saturated carbocycles. The van der Waals surface area contributed by atoms with Crippen LogP contribution in [-0.4, -0.2) is 24.4 Å². The molecular weight excluding hydrogens is 564 g/mol. The molecule has 2 N–H and O–H groups in total. The molecule has 2 amide bonds. The van der Waals surface area contributed by atoms with Crippen LogP contribution in [0.4, 0.5) is 0 Å². The fourth-order valence-electron chi connectivity index (χ4n) is 6.62. The molecule has 0 unspecified atom stereocenters. The van der Waals surface area contributed by atoms with Gasteiger partial charge in [-0.2, -0.15) is 0 Å². The van der Waals surface area contributed by atoms with Crippen LogP contribution in [0.15, 0.2) is 0 Å². The van der Waals surface area contributed by atoms with Crippen LogP contribution in [0.1, 0.15) is 240 Å². The van der Waals surface area contributed by atoms with Crippen molar-refractivity contribution in [2.75, 3.05) is 6.54 Å². The lowest BCUT2D eigenvalue weighted by Gasteiger charge is -2.22. The summed E-state index contributed by atoms with van der Waals surface area (Å²) in [6.07, 6.45) is 42.0. The molecule has 4 nitrogen and oxygen atoms in total. The van der Waals surface area contributed by atoms with Gasteiger partial charge < -0.3 is 10.6 Å². The molecule has 0 saturated heterocycles. The molecule has 1 atom stereocenters. The smallest absolute Gasteiger partial charge is 0.220 e. The molecule has 0 aliphatic rings. The van der Waals surface area contributed by atoms with E-state index in [1.54, 1.807) is 0 Å². The largest absolute Gasteiger partial charge is 0.356 e. The Morgan fingerprint density at radius 2 is 0.739 bits per heavy atom. The van der Waals surface area contributed by atoms with Gasteiger partial charge >= 0.3 is 0 Å². The van der Waals surface area contributed by atoms with Crippen molar-refractivity contribution in [1.29, 1.82) is 0 Å². The van der Waals surface area contributed by atoms with Crippen LogP contribution in [0.25, 0.3) is 0 Å². The second kappa shape index (κ2) is 36.8. The second-order valence-electron chi connectivity index (χ2n) is 15.0. The third-order valence-electron chi connectivity index (χ3n) is 9.93. The zero-order valence-corrected chi connectivity index (χ0v) is 32.0. The summed E-state index contributed by atoms with van der Waals surface area (Å²) in [5, 5.41) is 6.42. The first kappa shape index (κ1) is 44.9. The van der Waals surface area contributed by atoms with Gasteiger partial charge in [0.2, 0.25) is 11.8 Å². The Labute approximate surface area is 289 Å². The highest BCUT2D eigenvalue weighted by Crippen LogP contribution is 2.16. The summed E-state index contributed by atoms with van der Waals surface area (Å²) in [5.41, 5.74) is 0. The number of unbranched alkanes of at least 4 members (excludes halogenated alkanes) is 27. The van der Waals surface area contributed by atoms with E-state index < -0.39 is 0 Å². The van der Waals surface area contributed by atoms with E-state index in [-0.39, 0.29) is 17.9 Å². The summed E-state index contributed by atoms with van der Waals surface area (Å²) < 4.78 is 0. The summed E-state index contributed by atoms with van der Waals surface area (Å²) in [5.74, 6) is 0.870. The maximum absolute atomic E-state index is 12.6. The van der Waals surface area contributed by atoms with E-state index in [2.05, 4.69) is 38.3 Å². The third-order valence-corrected chi connectivity index (χ3v) is 9.93. The lowest BCUT2D eigenvalue weighted by atomic mass is 9.98. The molecule has 0 fully saturated rings. The first-order chi connectivity index (χ1) is 22.5. The van der Waals surface area contributed by atoms with E-state index >= 15 is 0 Å².